The van der Waals surface area contributed by atoms with Gasteiger partial charge in [-0.2, -0.15) is 0 Å². The predicted octanol–water partition coefficient (Wildman–Crippen LogP) is 4.01. The molecular formula is C23H24IN3O5. The number of nitrogens with zero attached hydrogens (tertiary/aromatic N) is 3. The standard InChI is InChI=1S/C23H24IN3O5/c1-22(2,3)32-21(29)26-12-11-19(27(30)31)23(26)17-13-16(24)9-10-18(17)25(20(23)28)14-15-7-5-4-6-8-15/h4-10,13H,11-12,14H2,1-3H3,(H,30,31). The Morgan fingerprint density at radius 1 is 1.25 bits per heavy atom. The number of halogens is 1. The zero-order chi connectivity index (χ0) is 23.3. The summed E-state index contributed by atoms with van der Waals surface area (Å²) in [6.07, 6.45) is -0.663. The third kappa shape index (κ3) is 3.58. The largest absolute Gasteiger partial charge is 0.444 e. The maximum absolute atomic E-state index is 14.1. The van der Waals surface area contributed by atoms with Crippen molar-refractivity contribution in [3.05, 3.63) is 68.4 Å². The molecule has 2 amide bonds. The number of carbonyl (C=O) groups excluding carboxylic acids is 2. The second-order valence-corrected chi connectivity index (χ2v) is 10.1. The van der Waals surface area contributed by atoms with Crippen molar-refractivity contribution in [2.45, 2.75) is 44.9 Å². The first-order valence-corrected chi connectivity index (χ1v) is 11.3. The first kappa shape index (κ1) is 22.4. The van der Waals surface area contributed by atoms with Crippen molar-refractivity contribution in [3.8, 4) is 0 Å². The van der Waals surface area contributed by atoms with E-state index in [0.29, 0.717) is 11.3 Å². The van der Waals surface area contributed by atoms with Crippen LogP contribution in [-0.2, 0) is 21.6 Å². The number of likely N-dealkylation sites (tertiary alicyclic amines) is 1. The fourth-order valence-corrected chi connectivity index (χ4v) is 4.91. The van der Waals surface area contributed by atoms with Gasteiger partial charge in [-0.15, -0.1) is 0 Å². The highest BCUT2D eigenvalue weighted by Gasteiger charge is 2.67. The maximum Gasteiger partial charge on any atom is 0.411 e. The summed E-state index contributed by atoms with van der Waals surface area (Å²) < 4.78 is 6.42. The molecule has 2 aromatic carbocycles. The predicted molar refractivity (Wildman–Crippen MR) is 126 cm³/mol. The van der Waals surface area contributed by atoms with E-state index >= 15 is 0 Å². The van der Waals surface area contributed by atoms with Crippen LogP contribution in [0.4, 0.5) is 10.5 Å². The fourth-order valence-electron chi connectivity index (χ4n) is 4.42. The molecule has 1 spiro atoms. The van der Waals surface area contributed by atoms with Crippen molar-refractivity contribution >= 4 is 46.0 Å². The minimum Gasteiger partial charge on any atom is -0.444 e. The van der Waals surface area contributed by atoms with Crippen LogP contribution in [0.25, 0.3) is 0 Å². The van der Waals surface area contributed by atoms with E-state index in [1.54, 1.807) is 31.7 Å². The van der Waals surface area contributed by atoms with Gasteiger partial charge in [0.05, 0.1) is 18.7 Å². The Balaban J connectivity index is 1.91. The van der Waals surface area contributed by atoms with Crippen LogP contribution in [0.1, 0.15) is 38.3 Å². The lowest BCUT2D eigenvalue weighted by Gasteiger charge is -2.33. The van der Waals surface area contributed by atoms with Gasteiger partial charge < -0.3 is 14.8 Å². The second-order valence-electron chi connectivity index (χ2n) is 8.85. The number of carbonyl (C=O) groups is 2. The summed E-state index contributed by atoms with van der Waals surface area (Å²) in [5.74, 6) is -0.466. The van der Waals surface area contributed by atoms with Crippen molar-refractivity contribution in [1.82, 2.24) is 4.90 Å². The molecule has 0 aromatic heterocycles. The maximum atomic E-state index is 14.1. The molecule has 2 aromatic rings. The minimum absolute atomic E-state index is 0.0507. The van der Waals surface area contributed by atoms with Gasteiger partial charge in [-0.1, -0.05) is 30.3 Å². The number of hydrogen-bond donors (Lipinski definition) is 1. The van der Waals surface area contributed by atoms with Gasteiger partial charge in [0, 0.05) is 20.6 Å². The molecule has 0 radical (unpaired) electrons. The Bertz CT molecular complexity index is 1110. The highest BCUT2D eigenvalue weighted by Crippen LogP contribution is 2.50. The van der Waals surface area contributed by atoms with E-state index in [1.165, 1.54) is 4.90 Å². The number of benzene rings is 2. The third-order valence-electron chi connectivity index (χ3n) is 5.62. The normalized spacial score (nSPS) is 21.8. The van der Waals surface area contributed by atoms with Crippen molar-refractivity contribution < 1.29 is 24.4 Å². The summed E-state index contributed by atoms with van der Waals surface area (Å²) in [4.78, 5) is 29.9. The van der Waals surface area contributed by atoms with Gasteiger partial charge >= 0.3 is 6.09 Å². The Kier molecular flexibility index (Phi) is 5.56. The Labute approximate surface area is 199 Å². The molecule has 4 rings (SSSR count). The van der Waals surface area contributed by atoms with E-state index in [1.807, 2.05) is 42.5 Å². The van der Waals surface area contributed by atoms with E-state index in [0.717, 1.165) is 9.13 Å². The summed E-state index contributed by atoms with van der Waals surface area (Å²) >= 11 is 2.12. The van der Waals surface area contributed by atoms with Crippen LogP contribution in [-0.4, -0.2) is 44.9 Å². The lowest BCUT2D eigenvalue weighted by Crippen LogP contribution is -2.57. The first-order valence-electron chi connectivity index (χ1n) is 10.2. The molecule has 0 saturated carbocycles. The van der Waals surface area contributed by atoms with Crippen molar-refractivity contribution in [2.75, 3.05) is 11.4 Å². The van der Waals surface area contributed by atoms with Crippen LogP contribution < -0.4 is 4.90 Å². The topological polar surface area (TPSA) is 96.1 Å². The Morgan fingerprint density at radius 3 is 2.56 bits per heavy atom. The fraction of sp³-hybridized carbons (Fsp3) is 0.348. The molecule has 1 fully saturated rings. The molecule has 2 aliphatic heterocycles. The van der Waals surface area contributed by atoms with E-state index in [-0.39, 0.29) is 30.1 Å². The quantitative estimate of drug-likeness (QED) is 0.264. The molecule has 0 bridgehead atoms. The van der Waals surface area contributed by atoms with Gasteiger partial charge in [0.25, 0.3) is 11.6 Å². The Hall–Kier alpha value is -2.82. The van der Waals surface area contributed by atoms with E-state index < -0.39 is 23.1 Å². The highest BCUT2D eigenvalue weighted by atomic mass is 127. The van der Waals surface area contributed by atoms with E-state index in [9.17, 15) is 20.0 Å². The zero-order valence-corrected chi connectivity index (χ0v) is 20.2. The van der Waals surface area contributed by atoms with Gasteiger partial charge in [-0.05, 0) is 67.1 Å². The van der Waals surface area contributed by atoms with Crippen LogP contribution in [0.15, 0.2) is 48.5 Å². The van der Waals surface area contributed by atoms with Gasteiger partial charge in [-0.25, -0.2) is 4.79 Å². The summed E-state index contributed by atoms with van der Waals surface area (Å²) in [6, 6.07) is 14.9. The highest BCUT2D eigenvalue weighted by molar-refractivity contribution is 14.1. The Morgan fingerprint density at radius 2 is 1.94 bits per heavy atom. The SMILES string of the molecule is CC(C)(C)OC(=O)N1CC/C(=[N+](\[O-])O)C12C(=O)N(Cc1ccccc1)c1ccc(I)cc12. The molecule has 8 nitrogen and oxygen atoms in total. The van der Waals surface area contributed by atoms with E-state index in [2.05, 4.69) is 22.6 Å². The molecule has 168 valence electrons. The number of rotatable bonds is 2. The molecule has 1 saturated heterocycles. The number of hydrogen-bond acceptors (Lipinski definition) is 5. The van der Waals surface area contributed by atoms with Crippen molar-refractivity contribution in [3.63, 3.8) is 0 Å². The van der Waals surface area contributed by atoms with Crippen molar-refractivity contribution in [2.24, 2.45) is 0 Å². The van der Waals surface area contributed by atoms with Crippen LogP contribution in [0.5, 0.6) is 0 Å². The van der Waals surface area contributed by atoms with Crippen LogP contribution in [0, 0.1) is 8.78 Å². The third-order valence-corrected chi connectivity index (χ3v) is 6.29. The number of amides is 2. The lowest BCUT2D eigenvalue weighted by molar-refractivity contribution is -0.728. The van der Waals surface area contributed by atoms with Crippen LogP contribution >= 0.6 is 22.6 Å². The van der Waals surface area contributed by atoms with Crippen molar-refractivity contribution in [1.29, 1.82) is 0 Å². The summed E-state index contributed by atoms with van der Waals surface area (Å²) in [7, 11) is 0. The van der Waals surface area contributed by atoms with Gasteiger partial charge in [0.1, 0.15) is 5.60 Å². The number of ether oxygens (including phenoxy) is 1. The molecule has 1 unspecified atom stereocenters. The van der Waals surface area contributed by atoms with Gasteiger partial charge in [-0.3, -0.25) is 14.9 Å². The number of anilines is 1. The van der Waals surface area contributed by atoms with E-state index in [4.69, 9.17) is 4.74 Å². The van der Waals surface area contributed by atoms with Crippen LogP contribution in [0.3, 0.4) is 0 Å². The second kappa shape index (κ2) is 7.95. The average molecular weight is 549 g/mol. The number of fused-ring (bicyclic) bond motifs is 2. The summed E-state index contributed by atoms with van der Waals surface area (Å²) in [6.45, 7) is 5.53. The molecule has 9 heteroatoms. The summed E-state index contributed by atoms with van der Waals surface area (Å²) in [5, 5.41) is 22.2. The zero-order valence-electron chi connectivity index (χ0n) is 18.0. The lowest BCUT2D eigenvalue weighted by atomic mass is 9.87. The average Bonchev–Trinajstić information content (AvgIpc) is 3.22. The molecule has 32 heavy (non-hydrogen) atoms. The monoisotopic (exact) mass is 549 g/mol. The summed E-state index contributed by atoms with van der Waals surface area (Å²) in [5.41, 5.74) is -0.672. The molecule has 1 N–H and O–H groups in total. The smallest absolute Gasteiger partial charge is 0.411 e. The van der Waals surface area contributed by atoms with Gasteiger partial charge in [0.15, 0.2) is 0 Å². The van der Waals surface area contributed by atoms with Crippen LogP contribution in [0.2, 0.25) is 0 Å². The molecule has 2 heterocycles. The molecule has 1 atom stereocenters. The molecule has 2 aliphatic rings. The molecular weight excluding hydrogens is 525 g/mol. The first-order chi connectivity index (χ1) is 15.1. The molecule has 0 aliphatic carbocycles. The minimum atomic E-state index is -1.76. The van der Waals surface area contributed by atoms with Gasteiger partial charge in [0.2, 0.25) is 5.54 Å².